The molecule has 0 amide bonds. The second kappa shape index (κ2) is 54.7. The number of allylic oxidation sites excluding steroid dienone is 10. The molecule has 0 saturated heterocycles. The van der Waals surface area contributed by atoms with Crippen molar-refractivity contribution in [2.45, 2.75) is 290 Å². The van der Waals surface area contributed by atoms with Gasteiger partial charge in [-0.05, 0) is 64.2 Å². The van der Waals surface area contributed by atoms with Crippen molar-refractivity contribution in [3.63, 3.8) is 0 Å². The SMILES string of the molecule is CC/C=C\C/C=C\C/C=C\C/C=C\C/C=C\CCCCCCCCCCCCCCCCCCCC(=O)OCC(COC(=O)CCCCCCCCC)OC(=O)CCCCCCCCCC. The largest absolute Gasteiger partial charge is 0.462 e. The van der Waals surface area contributed by atoms with Crippen LogP contribution >= 0.6 is 0 Å². The van der Waals surface area contributed by atoms with Gasteiger partial charge in [0, 0.05) is 19.3 Å². The fourth-order valence-corrected chi connectivity index (χ4v) is 8.06. The number of rotatable bonds is 51. The first-order chi connectivity index (χ1) is 32.5. The van der Waals surface area contributed by atoms with Gasteiger partial charge < -0.3 is 14.2 Å². The molecule has 1 unspecified atom stereocenters. The summed E-state index contributed by atoms with van der Waals surface area (Å²) in [6.45, 7) is 6.46. The van der Waals surface area contributed by atoms with E-state index >= 15 is 0 Å². The molecule has 0 N–H and O–H groups in total. The molecule has 0 aromatic heterocycles. The van der Waals surface area contributed by atoms with Crippen LogP contribution in [0.3, 0.4) is 0 Å². The number of hydrogen-bond acceptors (Lipinski definition) is 6. The first kappa shape index (κ1) is 63.1. The summed E-state index contributed by atoms with van der Waals surface area (Å²) < 4.78 is 16.7. The number of hydrogen-bond donors (Lipinski definition) is 0. The van der Waals surface area contributed by atoms with Gasteiger partial charge >= 0.3 is 17.9 Å². The van der Waals surface area contributed by atoms with Crippen molar-refractivity contribution in [2.75, 3.05) is 13.2 Å². The molecule has 0 heterocycles. The van der Waals surface area contributed by atoms with E-state index in [9.17, 15) is 14.4 Å². The van der Waals surface area contributed by atoms with E-state index in [-0.39, 0.29) is 31.1 Å². The monoisotopic (exact) mass is 923 g/mol. The van der Waals surface area contributed by atoms with Crippen LogP contribution in [0.4, 0.5) is 0 Å². The van der Waals surface area contributed by atoms with Gasteiger partial charge in [0.05, 0.1) is 0 Å². The van der Waals surface area contributed by atoms with E-state index in [0.717, 1.165) is 89.9 Å². The van der Waals surface area contributed by atoms with Crippen LogP contribution in [0.1, 0.15) is 284 Å². The minimum atomic E-state index is -0.763. The smallest absolute Gasteiger partial charge is 0.306 e. The topological polar surface area (TPSA) is 78.9 Å². The second-order valence-corrected chi connectivity index (χ2v) is 18.8. The zero-order valence-corrected chi connectivity index (χ0v) is 43.7. The lowest BCUT2D eigenvalue weighted by molar-refractivity contribution is -0.167. The molecule has 6 nitrogen and oxygen atoms in total. The van der Waals surface area contributed by atoms with Gasteiger partial charge in [-0.1, -0.05) is 261 Å². The van der Waals surface area contributed by atoms with Crippen molar-refractivity contribution in [1.29, 1.82) is 0 Å². The van der Waals surface area contributed by atoms with Crippen molar-refractivity contribution in [3.8, 4) is 0 Å². The van der Waals surface area contributed by atoms with Crippen molar-refractivity contribution < 1.29 is 28.6 Å². The average molecular weight is 924 g/mol. The van der Waals surface area contributed by atoms with Crippen LogP contribution in [-0.2, 0) is 28.6 Å². The number of carbonyl (C=O) groups is 3. The highest BCUT2D eigenvalue weighted by Gasteiger charge is 2.19. The zero-order valence-electron chi connectivity index (χ0n) is 43.7. The Morgan fingerprint density at radius 2 is 0.591 bits per heavy atom. The Morgan fingerprint density at radius 1 is 0.318 bits per heavy atom. The number of carbonyl (C=O) groups excluding carboxylic acids is 3. The highest BCUT2D eigenvalue weighted by Crippen LogP contribution is 2.16. The second-order valence-electron chi connectivity index (χ2n) is 18.8. The van der Waals surface area contributed by atoms with E-state index in [2.05, 4.69) is 81.5 Å². The van der Waals surface area contributed by atoms with Gasteiger partial charge in [0.15, 0.2) is 6.10 Å². The van der Waals surface area contributed by atoms with Crippen molar-refractivity contribution >= 4 is 17.9 Å². The maximum atomic E-state index is 12.7. The number of esters is 3. The van der Waals surface area contributed by atoms with Crippen molar-refractivity contribution in [2.24, 2.45) is 0 Å². The summed E-state index contributed by atoms with van der Waals surface area (Å²) in [6, 6.07) is 0. The minimum Gasteiger partial charge on any atom is -0.462 e. The number of unbranched alkanes of at least 4 members (excludes halogenated alkanes) is 30. The lowest BCUT2D eigenvalue weighted by Crippen LogP contribution is -2.30. The van der Waals surface area contributed by atoms with Gasteiger partial charge in [0.25, 0.3) is 0 Å². The molecule has 0 aromatic rings. The summed E-state index contributed by atoms with van der Waals surface area (Å²) in [5.41, 5.74) is 0. The Labute approximate surface area is 409 Å². The Balaban J connectivity index is 3.88. The van der Waals surface area contributed by atoms with E-state index < -0.39 is 6.10 Å². The summed E-state index contributed by atoms with van der Waals surface area (Å²) in [4.78, 5) is 37.7. The summed E-state index contributed by atoms with van der Waals surface area (Å²) in [5.74, 6) is -0.872. The lowest BCUT2D eigenvalue weighted by Gasteiger charge is -2.18. The molecule has 382 valence electrons. The van der Waals surface area contributed by atoms with Crippen molar-refractivity contribution in [1.82, 2.24) is 0 Å². The van der Waals surface area contributed by atoms with Gasteiger partial charge in [0.2, 0.25) is 0 Å². The van der Waals surface area contributed by atoms with Crippen LogP contribution in [0.15, 0.2) is 60.8 Å². The summed E-state index contributed by atoms with van der Waals surface area (Å²) in [5, 5.41) is 0. The Kier molecular flexibility index (Phi) is 52.3. The maximum absolute atomic E-state index is 12.7. The molecule has 0 spiro atoms. The molecule has 0 fully saturated rings. The molecular weight excluding hydrogens is 817 g/mol. The fourth-order valence-electron chi connectivity index (χ4n) is 8.06. The molecule has 0 saturated carbocycles. The van der Waals surface area contributed by atoms with E-state index in [0.29, 0.717) is 19.3 Å². The highest BCUT2D eigenvalue weighted by molar-refractivity contribution is 5.71. The van der Waals surface area contributed by atoms with Crippen LogP contribution in [0.5, 0.6) is 0 Å². The predicted molar refractivity (Wildman–Crippen MR) is 284 cm³/mol. The third kappa shape index (κ3) is 52.1. The molecule has 0 rings (SSSR count). The average Bonchev–Trinajstić information content (AvgIpc) is 3.31. The van der Waals surface area contributed by atoms with Crippen LogP contribution in [0, 0.1) is 0 Å². The normalized spacial score (nSPS) is 12.5. The number of ether oxygens (including phenoxy) is 3. The predicted octanol–water partition coefficient (Wildman–Crippen LogP) is 18.8. The van der Waals surface area contributed by atoms with Gasteiger partial charge in [-0.15, -0.1) is 0 Å². The Hall–Kier alpha value is -2.89. The highest BCUT2D eigenvalue weighted by atomic mass is 16.6. The van der Waals surface area contributed by atoms with E-state index in [1.807, 2.05) is 0 Å². The van der Waals surface area contributed by atoms with Crippen LogP contribution in [0.25, 0.3) is 0 Å². The molecule has 0 radical (unpaired) electrons. The standard InChI is InChI=1S/C60H106O6/c1-4-7-10-13-16-18-19-20-21-22-23-24-25-26-27-28-29-30-31-32-33-34-35-36-37-38-39-40-41-42-45-47-50-53-59(62)65-56-57(55-64-58(61)52-49-46-43-15-12-9-6-3)66-60(63)54-51-48-44-17-14-11-8-5-2/h7,10,16,18,20-21,23-24,26-27,57H,4-6,8-9,11-15,17,19,22,25,28-56H2,1-3H3/b10-7-,18-16-,21-20-,24-23-,27-26-. The molecule has 0 aliphatic carbocycles. The third-order valence-electron chi connectivity index (χ3n) is 12.3. The minimum absolute atomic E-state index is 0.0693. The Morgan fingerprint density at radius 3 is 0.924 bits per heavy atom. The van der Waals surface area contributed by atoms with Gasteiger partial charge in [0.1, 0.15) is 13.2 Å². The molecule has 6 heteroatoms. The molecule has 66 heavy (non-hydrogen) atoms. The fraction of sp³-hybridized carbons (Fsp3) is 0.783. The van der Waals surface area contributed by atoms with E-state index in [4.69, 9.17) is 14.2 Å². The molecule has 0 aromatic carbocycles. The van der Waals surface area contributed by atoms with E-state index in [1.54, 1.807) is 0 Å². The molecule has 0 aliphatic heterocycles. The first-order valence-electron chi connectivity index (χ1n) is 28.3. The van der Waals surface area contributed by atoms with Crippen LogP contribution in [-0.4, -0.2) is 37.2 Å². The Bertz CT molecular complexity index is 1200. The molecule has 0 aliphatic rings. The lowest BCUT2D eigenvalue weighted by atomic mass is 10.0. The third-order valence-corrected chi connectivity index (χ3v) is 12.3. The van der Waals surface area contributed by atoms with Gasteiger partial charge in [-0.25, -0.2) is 0 Å². The summed E-state index contributed by atoms with van der Waals surface area (Å²) in [7, 11) is 0. The van der Waals surface area contributed by atoms with Crippen molar-refractivity contribution in [3.05, 3.63) is 60.8 Å². The summed E-state index contributed by atoms with van der Waals surface area (Å²) >= 11 is 0. The van der Waals surface area contributed by atoms with Crippen LogP contribution < -0.4 is 0 Å². The summed E-state index contributed by atoms with van der Waals surface area (Å²) in [6.07, 6.45) is 68.4. The molecular formula is C60H106O6. The zero-order chi connectivity index (χ0) is 47.9. The quantitative estimate of drug-likeness (QED) is 0.0262. The molecule has 1 atom stereocenters. The van der Waals surface area contributed by atoms with E-state index in [1.165, 1.54) is 154 Å². The van der Waals surface area contributed by atoms with Crippen LogP contribution in [0.2, 0.25) is 0 Å². The first-order valence-corrected chi connectivity index (χ1v) is 28.3. The maximum Gasteiger partial charge on any atom is 0.306 e. The van der Waals surface area contributed by atoms with Gasteiger partial charge in [-0.2, -0.15) is 0 Å². The van der Waals surface area contributed by atoms with Gasteiger partial charge in [-0.3, -0.25) is 14.4 Å². The molecule has 0 bridgehead atoms.